The summed E-state index contributed by atoms with van der Waals surface area (Å²) in [5.74, 6) is 0. The van der Waals surface area contributed by atoms with Crippen molar-refractivity contribution >= 4 is 5.57 Å². The third-order valence-electron chi connectivity index (χ3n) is 3.33. The van der Waals surface area contributed by atoms with Gasteiger partial charge in [-0.05, 0) is 48.0 Å². The first kappa shape index (κ1) is 11.2. The van der Waals surface area contributed by atoms with Gasteiger partial charge in [0.15, 0.2) is 0 Å². The summed E-state index contributed by atoms with van der Waals surface area (Å²) in [6.45, 7) is 9.00. The Hall–Kier alpha value is -1.30. The highest BCUT2D eigenvalue weighted by molar-refractivity contribution is 5.81. The Morgan fingerprint density at radius 2 is 1.75 bits per heavy atom. The van der Waals surface area contributed by atoms with Crippen LogP contribution in [0.2, 0.25) is 0 Å². The smallest absolute Gasteiger partial charge is 0.0131 e. The van der Waals surface area contributed by atoms with E-state index in [1.807, 2.05) is 0 Å². The molecule has 1 aliphatic rings. The fourth-order valence-corrected chi connectivity index (χ4v) is 2.25. The van der Waals surface area contributed by atoms with E-state index < -0.39 is 0 Å². The van der Waals surface area contributed by atoms with E-state index in [1.165, 1.54) is 22.3 Å². The summed E-state index contributed by atoms with van der Waals surface area (Å²) >= 11 is 0. The number of rotatable bonds is 1. The number of hydrogen-bond acceptors (Lipinski definition) is 0. The van der Waals surface area contributed by atoms with E-state index in [0.717, 1.165) is 6.42 Å². The Labute approximate surface area is 98.7 Å². The average Bonchev–Trinajstić information content (AvgIpc) is 2.23. The Morgan fingerprint density at radius 1 is 1.06 bits per heavy atom. The van der Waals surface area contributed by atoms with Gasteiger partial charge in [-0.15, -0.1) is 0 Å². The van der Waals surface area contributed by atoms with Crippen LogP contribution < -0.4 is 0 Å². The zero-order valence-electron chi connectivity index (χ0n) is 10.7. The maximum Gasteiger partial charge on any atom is -0.0131 e. The number of hydrogen-bond donors (Lipinski definition) is 0. The van der Waals surface area contributed by atoms with Crippen LogP contribution in [0.4, 0.5) is 0 Å². The van der Waals surface area contributed by atoms with Crippen molar-refractivity contribution in [2.75, 3.05) is 0 Å². The van der Waals surface area contributed by atoms with Crippen LogP contribution in [0, 0.1) is 12.3 Å². The monoisotopic (exact) mass is 212 g/mol. The van der Waals surface area contributed by atoms with E-state index in [4.69, 9.17) is 0 Å². The SMILES string of the molecule is CC1=CCC(C)(C)C=C1c1ccccc1C. The summed E-state index contributed by atoms with van der Waals surface area (Å²) in [6.07, 6.45) is 5.93. The summed E-state index contributed by atoms with van der Waals surface area (Å²) in [7, 11) is 0. The van der Waals surface area contributed by atoms with Gasteiger partial charge < -0.3 is 0 Å². The van der Waals surface area contributed by atoms with Crippen molar-refractivity contribution in [3.8, 4) is 0 Å². The van der Waals surface area contributed by atoms with Crippen molar-refractivity contribution in [2.24, 2.45) is 5.41 Å². The lowest BCUT2D eigenvalue weighted by Gasteiger charge is -2.27. The average molecular weight is 212 g/mol. The molecule has 0 heterocycles. The van der Waals surface area contributed by atoms with Gasteiger partial charge in [-0.3, -0.25) is 0 Å². The van der Waals surface area contributed by atoms with Crippen LogP contribution in [0.3, 0.4) is 0 Å². The number of allylic oxidation sites excluding steroid dienone is 4. The zero-order valence-corrected chi connectivity index (χ0v) is 10.7. The van der Waals surface area contributed by atoms with Gasteiger partial charge in [0.25, 0.3) is 0 Å². The summed E-state index contributed by atoms with van der Waals surface area (Å²) < 4.78 is 0. The minimum Gasteiger partial charge on any atom is -0.0801 e. The molecule has 1 aromatic rings. The standard InChI is InChI=1S/C16H20/c1-12-7-5-6-8-14(12)15-11-16(3,4)10-9-13(15)2/h5-9,11H,10H2,1-4H3. The Kier molecular flexibility index (Phi) is 2.75. The van der Waals surface area contributed by atoms with Crippen LogP contribution in [0.25, 0.3) is 5.57 Å². The molecule has 0 aromatic heterocycles. The summed E-state index contributed by atoms with van der Waals surface area (Å²) in [5.41, 5.74) is 5.85. The Balaban J connectivity index is 2.51. The van der Waals surface area contributed by atoms with Crippen molar-refractivity contribution < 1.29 is 0 Å². The molecule has 1 aromatic carbocycles. The van der Waals surface area contributed by atoms with Crippen LogP contribution in [-0.4, -0.2) is 0 Å². The molecule has 0 unspecified atom stereocenters. The maximum absolute atomic E-state index is 2.42. The highest BCUT2D eigenvalue weighted by Crippen LogP contribution is 2.37. The molecule has 0 nitrogen and oxygen atoms in total. The molecule has 0 saturated carbocycles. The van der Waals surface area contributed by atoms with Crippen LogP contribution in [0.5, 0.6) is 0 Å². The first-order valence-electron chi connectivity index (χ1n) is 5.96. The third-order valence-corrected chi connectivity index (χ3v) is 3.33. The molecule has 0 fully saturated rings. The number of benzene rings is 1. The number of aryl methyl sites for hydroxylation is 1. The van der Waals surface area contributed by atoms with Gasteiger partial charge >= 0.3 is 0 Å². The van der Waals surface area contributed by atoms with E-state index in [9.17, 15) is 0 Å². The Morgan fingerprint density at radius 3 is 2.44 bits per heavy atom. The molecule has 0 atom stereocenters. The normalized spacial score (nSPS) is 19.0. The largest absolute Gasteiger partial charge is 0.0801 e. The maximum atomic E-state index is 2.42. The molecule has 16 heavy (non-hydrogen) atoms. The second-order valence-electron chi connectivity index (χ2n) is 5.45. The molecular weight excluding hydrogens is 192 g/mol. The first-order valence-corrected chi connectivity index (χ1v) is 5.96. The van der Waals surface area contributed by atoms with Crippen LogP contribution in [0.15, 0.2) is 42.0 Å². The van der Waals surface area contributed by atoms with E-state index in [1.54, 1.807) is 0 Å². The van der Waals surface area contributed by atoms with Gasteiger partial charge in [0.1, 0.15) is 0 Å². The molecule has 0 N–H and O–H groups in total. The lowest BCUT2D eigenvalue weighted by Crippen LogP contribution is -2.11. The predicted octanol–water partition coefficient (Wildman–Crippen LogP) is 4.75. The van der Waals surface area contributed by atoms with Crippen LogP contribution in [0.1, 0.15) is 38.3 Å². The highest BCUT2D eigenvalue weighted by atomic mass is 14.3. The lowest BCUT2D eigenvalue weighted by molar-refractivity contribution is 0.484. The van der Waals surface area contributed by atoms with E-state index in [2.05, 4.69) is 64.1 Å². The van der Waals surface area contributed by atoms with Crippen LogP contribution >= 0.6 is 0 Å². The van der Waals surface area contributed by atoms with Gasteiger partial charge in [-0.2, -0.15) is 0 Å². The topological polar surface area (TPSA) is 0 Å². The molecule has 2 rings (SSSR count). The van der Waals surface area contributed by atoms with Crippen molar-refractivity contribution in [2.45, 2.75) is 34.1 Å². The van der Waals surface area contributed by atoms with Gasteiger partial charge in [-0.1, -0.05) is 50.3 Å². The van der Waals surface area contributed by atoms with Gasteiger partial charge in [0.2, 0.25) is 0 Å². The second kappa shape index (κ2) is 3.93. The predicted molar refractivity (Wildman–Crippen MR) is 71.3 cm³/mol. The summed E-state index contributed by atoms with van der Waals surface area (Å²) in [6, 6.07) is 8.63. The second-order valence-corrected chi connectivity index (χ2v) is 5.45. The van der Waals surface area contributed by atoms with Crippen molar-refractivity contribution in [1.29, 1.82) is 0 Å². The molecular formula is C16H20. The quantitative estimate of drug-likeness (QED) is 0.630. The lowest BCUT2D eigenvalue weighted by atomic mass is 9.78. The first-order chi connectivity index (χ1) is 7.49. The van der Waals surface area contributed by atoms with Gasteiger partial charge in [0, 0.05) is 0 Å². The Bertz CT molecular complexity index is 459. The molecule has 0 bridgehead atoms. The van der Waals surface area contributed by atoms with Gasteiger partial charge in [0.05, 0.1) is 0 Å². The van der Waals surface area contributed by atoms with E-state index >= 15 is 0 Å². The summed E-state index contributed by atoms with van der Waals surface area (Å²) in [4.78, 5) is 0. The van der Waals surface area contributed by atoms with Crippen molar-refractivity contribution in [3.05, 3.63) is 53.1 Å². The fourth-order valence-electron chi connectivity index (χ4n) is 2.25. The molecule has 0 heteroatoms. The molecule has 0 spiro atoms. The fraction of sp³-hybridized carbons (Fsp3) is 0.375. The molecule has 84 valence electrons. The van der Waals surface area contributed by atoms with Crippen molar-refractivity contribution in [3.63, 3.8) is 0 Å². The van der Waals surface area contributed by atoms with Crippen molar-refractivity contribution in [1.82, 2.24) is 0 Å². The van der Waals surface area contributed by atoms with Crippen LogP contribution in [-0.2, 0) is 0 Å². The highest BCUT2D eigenvalue weighted by Gasteiger charge is 2.20. The molecule has 1 aliphatic carbocycles. The molecule has 0 amide bonds. The summed E-state index contributed by atoms with van der Waals surface area (Å²) in [5, 5.41) is 0. The molecule has 0 saturated heterocycles. The molecule has 0 aliphatic heterocycles. The minimum atomic E-state index is 0.289. The van der Waals surface area contributed by atoms with Gasteiger partial charge in [-0.25, -0.2) is 0 Å². The third kappa shape index (κ3) is 2.11. The minimum absolute atomic E-state index is 0.289. The zero-order chi connectivity index (χ0) is 11.8. The van der Waals surface area contributed by atoms with E-state index in [0.29, 0.717) is 0 Å². The van der Waals surface area contributed by atoms with E-state index in [-0.39, 0.29) is 5.41 Å². The molecule has 0 radical (unpaired) electrons.